The molecule has 39 heavy (non-hydrogen) atoms. The molecule has 0 saturated heterocycles. The van der Waals surface area contributed by atoms with Gasteiger partial charge in [0.15, 0.2) is 14.6 Å². The summed E-state index contributed by atoms with van der Waals surface area (Å²) >= 11 is 0. The molecule has 12 nitrogen and oxygen atoms in total. The van der Waals surface area contributed by atoms with Gasteiger partial charge >= 0.3 is 12.2 Å². The van der Waals surface area contributed by atoms with Gasteiger partial charge in [-0.1, -0.05) is 6.92 Å². The second kappa shape index (κ2) is 12.3. The van der Waals surface area contributed by atoms with Crippen molar-refractivity contribution in [3.05, 3.63) is 39.7 Å². The van der Waals surface area contributed by atoms with Gasteiger partial charge in [-0.05, 0) is 65.5 Å². The Bertz CT molecular complexity index is 1180. The molecule has 220 valence electrons. The van der Waals surface area contributed by atoms with Crippen LogP contribution in [0.4, 0.5) is 24.1 Å². The second-order valence-corrected chi connectivity index (χ2v) is 13.2. The number of alkyl halides is 1. The summed E-state index contributed by atoms with van der Waals surface area (Å²) < 4.78 is 63.9. The lowest BCUT2D eigenvalue weighted by atomic mass is 10.0. The first-order valence-electron chi connectivity index (χ1n) is 11.8. The van der Waals surface area contributed by atoms with Crippen molar-refractivity contribution in [1.29, 1.82) is 5.41 Å². The van der Waals surface area contributed by atoms with E-state index in [1.807, 2.05) is 0 Å². The highest BCUT2D eigenvalue weighted by Gasteiger charge is 2.54. The summed E-state index contributed by atoms with van der Waals surface area (Å²) in [4.78, 5) is 36.2. The number of amides is 2. The lowest BCUT2D eigenvalue weighted by Gasteiger charge is -2.36. The minimum Gasteiger partial charge on any atom is -0.443 e. The zero-order valence-electron chi connectivity index (χ0n) is 22.9. The zero-order chi connectivity index (χ0) is 30.6. The Balaban J connectivity index is 3.69. The number of rotatable bonds is 9. The number of ether oxygens (including phenoxy) is 2. The van der Waals surface area contributed by atoms with Crippen LogP contribution in [0.1, 0.15) is 66.4 Å². The molecule has 0 heterocycles. The lowest BCUT2D eigenvalue weighted by molar-refractivity contribution is -0.385. The topological polar surface area (TPSA) is 177 Å². The van der Waals surface area contributed by atoms with Crippen molar-refractivity contribution in [2.75, 3.05) is 19.0 Å². The molecule has 0 bridgehead atoms. The first-order valence-corrected chi connectivity index (χ1v) is 13.5. The summed E-state index contributed by atoms with van der Waals surface area (Å²) in [6, 6.07) is 2.49. The molecule has 2 amide bonds. The van der Waals surface area contributed by atoms with Crippen LogP contribution in [-0.4, -0.2) is 76.4 Å². The summed E-state index contributed by atoms with van der Waals surface area (Å²) in [6.07, 6.45) is -4.01. The largest absolute Gasteiger partial charge is 0.443 e. The predicted octanol–water partition coefficient (Wildman–Crippen LogP) is 4.49. The number of sulfone groups is 1. The summed E-state index contributed by atoms with van der Waals surface area (Å²) in [7, 11) is -4.95. The van der Waals surface area contributed by atoms with Gasteiger partial charge < -0.3 is 14.6 Å². The highest BCUT2D eigenvalue weighted by molar-refractivity contribution is 7.93. The molecular formula is C24H35F2N3O9S. The van der Waals surface area contributed by atoms with Crippen LogP contribution in [0, 0.1) is 21.3 Å². The Morgan fingerprint density at radius 3 is 2.00 bits per heavy atom. The van der Waals surface area contributed by atoms with Crippen molar-refractivity contribution in [3.8, 4) is 0 Å². The quantitative estimate of drug-likeness (QED) is 0.185. The van der Waals surface area contributed by atoms with E-state index in [1.54, 1.807) is 0 Å². The van der Waals surface area contributed by atoms with Crippen molar-refractivity contribution in [2.45, 2.75) is 76.8 Å². The number of carbonyl (C=O) groups excluding carboxylic acids is 2. The van der Waals surface area contributed by atoms with E-state index < -0.39 is 91.6 Å². The van der Waals surface area contributed by atoms with E-state index in [0.29, 0.717) is 0 Å². The molecule has 2 N–H and O–H groups in total. The van der Waals surface area contributed by atoms with Gasteiger partial charge in [0.25, 0.3) is 5.69 Å². The Morgan fingerprint density at radius 1 is 1.13 bits per heavy atom. The molecule has 1 rings (SSSR count). The summed E-state index contributed by atoms with van der Waals surface area (Å²) in [5.74, 6) is -4.71. The van der Waals surface area contributed by atoms with Crippen LogP contribution < -0.4 is 0 Å². The van der Waals surface area contributed by atoms with Gasteiger partial charge in [-0.25, -0.2) is 26.8 Å². The number of hydrogen-bond donors (Lipinski definition) is 2. The number of nitrogens with one attached hydrogen (secondary N) is 1. The molecule has 0 aromatic heterocycles. The van der Waals surface area contributed by atoms with E-state index in [4.69, 9.17) is 14.9 Å². The van der Waals surface area contributed by atoms with Gasteiger partial charge in [-0.2, -0.15) is 4.90 Å². The van der Waals surface area contributed by atoms with Crippen molar-refractivity contribution in [3.63, 3.8) is 0 Å². The fourth-order valence-electron chi connectivity index (χ4n) is 3.49. The van der Waals surface area contributed by atoms with Crippen molar-refractivity contribution in [2.24, 2.45) is 0 Å². The molecule has 0 aliphatic heterocycles. The predicted molar refractivity (Wildman–Crippen MR) is 138 cm³/mol. The standard InChI is InChI=1S/C24H35F2N3O9S/c1-15(17-12-16(29(33)34)8-9-18(17)26)13-39(35,36)24(14-25,10-11-30)19(27)28(20(31)37-22(2,3)4)21(32)38-23(5,6)7/h8-9,12,15,27,30H,10-11,13-14H2,1-7H3/t15-,24?/m1/s1. The van der Waals surface area contributed by atoms with E-state index in [1.165, 1.54) is 48.5 Å². The monoisotopic (exact) mass is 579 g/mol. The number of carbonyl (C=O) groups is 2. The first-order chi connectivity index (χ1) is 17.6. The Labute approximate surface area is 225 Å². The number of aliphatic hydroxyl groups is 1. The number of amidine groups is 1. The number of non-ortho nitro benzene ring substituents is 1. The van der Waals surface area contributed by atoms with Crippen LogP contribution in [0.15, 0.2) is 18.2 Å². The average molecular weight is 580 g/mol. The number of nitrogens with zero attached hydrogens (tertiary/aromatic N) is 2. The van der Waals surface area contributed by atoms with Gasteiger partial charge in [-0.3, -0.25) is 15.5 Å². The number of nitro benzene ring substituents is 1. The van der Waals surface area contributed by atoms with Gasteiger partial charge in [-0.15, -0.1) is 0 Å². The van der Waals surface area contributed by atoms with Gasteiger partial charge in [0.1, 0.15) is 29.5 Å². The Kier molecular flexibility index (Phi) is 10.7. The number of nitro groups is 1. The number of halogens is 2. The highest BCUT2D eigenvalue weighted by Crippen LogP contribution is 2.33. The number of benzene rings is 1. The molecule has 0 spiro atoms. The third kappa shape index (κ3) is 8.39. The maximum Gasteiger partial charge on any atom is 0.425 e. The number of hydrogen-bond acceptors (Lipinski definition) is 10. The SMILES string of the molecule is C[C@H](CS(=O)(=O)C(CF)(CCO)C(=N)N(C(=O)OC(C)(C)C)C(=O)OC(C)(C)C)c1cc([N+](=O)[O-])ccc1F. The number of aliphatic hydroxyl groups excluding tert-OH is 1. The molecular weight excluding hydrogens is 544 g/mol. The molecule has 0 saturated carbocycles. The van der Waals surface area contributed by atoms with Crippen LogP contribution in [0.25, 0.3) is 0 Å². The maximum absolute atomic E-state index is 14.8. The fraction of sp³-hybridized carbons (Fsp3) is 0.625. The van der Waals surface area contributed by atoms with Gasteiger partial charge in [0, 0.05) is 18.7 Å². The number of imide groups is 1. The summed E-state index contributed by atoms with van der Waals surface area (Å²) in [5, 5.41) is 29.4. The molecule has 15 heteroatoms. The molecule has 1 unspecified atom stereocenters. The smallest absolute Gasteiger partial charge is 0.425 e. The Hall–Kier alpha value is -3.20. The van der Waals surface area contributed by atoms with E-state index in [-0.39, 0.29) is 10.5 Å². The lowest BCUT2D eigenvalue weighted by Crippen LogP contribution is -2.60. The molecule has 0 aliphatic carbocycles. The molecule has 0 radical (unpaired) electrons. The van der Waals surface area contributed by atoms with Gasteiger partial charge in [0.2, 0.25) is 0 Å². The molecule has 0 fully saturated rings. The third-order valence-electron chi connectivity index (χ3n) is 5.32. The van der Waals surface area contributed by atoms with E-state index in [9.17, 15) is 42.0 Å². The van der Waals surface area contributed by atoms with Gasteiger partial charge in [0.05, 0.1) is 10.7 Å². The maximum atomic E-state index is 14.8. The van der Waals surface area contributed by atoms with Crippen LogP contribution in [0.3, 0.4) is 0 Å². The third-order valence-corrected chi connectivity index (χ3v) is 7.96. The van der Waals surface area contributed by atoms with Crippen molar-refractivity contribution < 1.29 is 46.3 Å². The molecule has 2 atom stereocenters. The minimum atomic E-state index is -4.95. The highest BCUT2D eigenvalue weighted by atomic mass is 32.2. The average Bonchev–Trinajstić information content (AvgIpc) is 2.74. The summed E-state index contributed by atoms with van der Waals surface area (Å²) in [5.41, 5.74) is -3.33. The molecule has 0 aliphatic rings. The van der Waals surface area contributed by atoms with Crippen molar-refractivity contribution >= 4 is 33.5 Å². The normalized spacial score (nSPS) is 14.6. The zero-order valence-corrected chi connectivity index (χ0v) is 23.7. The fourth-order valence-corrected chi connectivity index (χ4v) is 5.60. The van der Waals surface area contributed by atoms with Crippen LogP contribution in [-0.2, 0) is 19.3 Å². The second-order valence-electron chi connectivity index (χ2n) is 10.9. The molecule has 1 aromatic carbocycles. The van der Waals surface area contributed by atoms with Crippen LogP contribution >= 0.6 is 0 Å². The molecule has 1 aromatic rings. The van der Waals surface area contributed by atoms with Crippen LogP contribution in [0.2, 0.25) is 0 Å². The van der Waals surface area contributed by atoms with Crippen molar-refractivity contribution in [1.82, 2.24) is 4.90 Å². The van der Waals surface area contributed by atoms with E-state index in [0.717, 1.165) is 18.2 Å². The Morgan fingerprint density at radius 2 is 1.62 bits per heavy atom. The van der Waals surface area contributed by atoms with E-state index >= 15 is 0 Å². The van der Waals surface area contributed by atoms with Crippen LogP contribution in [0.5, 0.6) is 0 Å². The summed E-state index contributed by atoms with van der Waals surface area (Å²) in [6.45, 7) is 6.98. The first kappa shape index (κ1) is 33.8. The van der Waals surface area contributed by atoms with E-state index in [2.05, 4.69) is 0 Å². The minimum absolute atomic E-state index is 0.0537.